The van der Waals surface area contributed by atoms with Crippen molar-refractivity contribution < 1.29 is 47.3 Å². The van der Waals surface area contributed by atoms with Gasteiger partial charge in [-0.05, 0) is 69.8 Å². The fourth-order valence-electron chi connectivity index (χ4n) is 7.09. The van der Waals surface area contributed by atoms with Crippen molar-refractivity contribution in [3.8, 4) is 16.9 Å². The van der Waals surface area contributed by atoms with Gasteiger partial charge in [-0.15, -0.1) is 0 Å². The van der Waals surface area contributed by atoms with Crippen molar-refractivity contribution in [3.05, 3.63) is 42.6 Å². The van der Waals surface area contributed by atoms with Crippen molar-refractivity contribution in [3.63, 3.8) is 0 Å². The summed E-state index contributed by atoms with van der Waals surface area (Å²) in [6, 6.07) is 12.2. The first-order valence-corrected chi connectivity index (χ1v) is 22.0. The molecule has 18 heteroatoms. The van der Waals surface area contributed by atoms with E-state index in [1.54, 1.807) is 6.20 Å². The number of carbonyl (C=O) groups excluding carboxylic acids is 2. The molecule has 16 nitrogen and oxygen atoms in total. The number of fused-ring (bicyclic) bond motifs is 2. The standard InChI is InChI=1S/C42H61BN6O10S/c1-41(2)42(3,4)59-43(58-41)30-10-12-36(32(26-30)29-9-11-31-33(44)27-46-49-34(31)25-29)57-24-23-56-22-21-55-20-19-54-18-17-53-16-15-52-14-13-45-38(50)8-6-5-7-37-39-35(28-60-37)47-40(51)48-39/h9-12,25-27,35,37,39H,5-8,13-24,28H2,1-4H3,(H2,44,49)(H,45,50)(H2,47,48,51)/t35-,37-,39-/m0/s1. The molecular formula is C42H61BN6O10S. The predicted molar refractivity (Wildman–Crippen MR) is 232 cm³/mol. The van der Waals surface area contributed by atoms with E-state index in [4.69, 9.17) is 43.5 Å². The van der Waals surface area contributed by atoms with Gasteiger partial charge in [0, 0.05) is 34.9 Å². The van der Waals surface area contributed by atoms with Crippen molar-refractivity contribution in [1.29, 1.82) is 0 Å². The molecule has 3 amide bonds. The summed E-state index contributed by atoms with van der Waals surface area (Å²) >= 11 is 1.90. The van der Waals surface area contributed by atoms with Gasteiger partial charge in [0.15, 0.2) is 0 Å². The maximum atomic E-state index is 12.1. The van der Waals surface area contributed by atoms with Gasteiger partial charge in [0.2, 0.25) is 5.91 Å². The summed E-state index contributed by atoms with van der Waals surface area (Å²) in [5, 5.41) is 18.4. The van der Waals surface area contributed by atoms with Gasteiger partial charge in [0.25, 0.3) is 0 Å². The number of unbranched alkanes of at least 4 members (excludes halogenated alkanes) is 1. The fourth-order valence-corrected chi connectivity index (χ4v) is 8.63. The lowest BCUT2D eigenvalue weighted by Gasteiger charge is -2.32. The lowest BCUT2D eigenvalue weighted by molar-refractivity contribution is -0.121. The zero-order valence-electron chi connectivity index (χ0n) is 35.3. The Kier molecular flexibility index (Phi) is 17.1. The summed E-state index contributed by atoms with van der Waals surface area (Å²) in [4.78, 5) is 23.6. The highest BCUT2D eigenvalue weighted by Gasteiger charge is 2.51. The average Bonchev–Trinajstić information content (AvgIpc) is 3.85. The van der Waals surface area contributed by atoms with Crippen LogP contribution in [0.15, 0.2) is 42.6 Å². The summed E-state index contributed by atoms with van der Waals surface area (Å²) in [6.45, 7) is 13.4. The molecule has 3 aliphatic heterocycles. The van der Waals surface area contributed by atoms with Crippen LogP contribution in [-0.2, 0) is 37.8 Å². The quantitative estimate of drug-likeness (QED) is 0.0521. The molecule has 1 aromatic heterocycles. The highest BCUT2D eigenvalue weighted by molar-refractivity contribution is 8.00. The minimum Gasteiger partial charge on any atom is -0.491 e. The van der Waals surface area contributed by atoms with Crippen LogP contribution >= 0.6 is 11.8 Å². The zero-order chi connectivity index (χ0) is 42.4. The normalized spacial score (nSPS) is 20.3. The number of aromatic nitrogens is 2. The molecule has 0 aliphatic carbocycles. The molecule has 60 heavy (non-hydrogen) atoms. The van der Waals surface area contributed by atoms with Crippen LogP contribution in [0.4, 0.5) is 10.5 Å². The van der Waals surface area contributed by atoms with E-state index in [1.165, 1.54) is 0 Å². The molecule has 0 spiro atoms. The van der Waals surface area contributed by atoms with Gasteiger partial charge in [-0.3, -0.25) is 4.79 Å². The Labute approximate surface area is 357 Å². The number of benzene rings is 2. The molecular weight excluding hydrogens is 791 g/mol. The van der Waals surface area contributed by atoms with Crippen LogP contribution in [0.3, 0.4) is 0 Å². The average molecular weight is 853 g/mol. The third-order valence-electron chi connectivity index (χ3n) is 11.1. The largest absolute Gasteiger partial charge is 0.494 e. The lowest BCUT2D eigenvalue weighted by Crippen LogP contribution is -2.41. The second kappa shape index (κ2) is 22.4. The van der Waals surface area contributed by atoms with E-state index in [-0.39, 0.29) is 24.0 Å². The Morgan fingerprint density at radius 1 is 0.867 bits per heavy atom. The van der Waals surface area contributed by atoms with E-state index >= 15 is 0 Å². The minimum absolute atomic E-state index is 0.0376. The SMILES string of the molecule is CC1(C)OB(c2ccc(OCCOCCOCCOCCOCCOCCNC(=O)CCCC[C@@H]3SC[C@@H]4NC(=O)N[C@@H]43)c(-c3ccc4c(N)cnnc4c3)c2)OC1(C)C. The maximum absolute atomic E-state index is 12.1. The van der Waals surface area contributed by atoms with Gasteiger partial charge in [-0.25, -0.2) is 4.79 Å². The van der Waals surface area contributed by atoms with Crippen LogP contribution in [0.1, 0.15) is 53.4 Å². The number of rotatable bonds is 26. The number of nitrogens with two attached hydrogens (primary N) is 1. The van der Waals surface area contributed by atoms with Crippen molar-refractivity contribution in [2.24, 2.45) is 0 Å². The highest BCUT2D eigenvalue weighted by atomic mass is 32.2. The van der Waals surface area contributed by atoms with Gasteiger partial charge >= 0.3 is 13.1 Å². The van der Waals surface area contributed by atoms with Crippen LogP contribution in [0, 0.1) is 0 Å². The van der Waals surface area contributed by atoms with Crippen LogP contribution < -0.4 is 31.9 Å². The van der Waals surface area contributed by atoms with E-state index in [1.807, 2.05) is 75.9 Å². The van der Waals surface area contributed by atoms with Crippen LogP contribution in [-0.4, -0.2) is 143 Å². The fraction of sp³-hybridized carbons (Fsp3) is 0.619. The number of carbonyl (C=O) groups is 2. The molecule has 0 radical (unpaired) electrons. The smallest absolute Gasteiger partial charge is 0.491 e. The molecule has 0 bridgehead atoms. The molecule has 6 rings (SSSR count). The molecule has 3 saturated heterocycles. The van der Waals surface area contributed by atoms with E-state index in [2.05, 4.69) is 26.1 Å². The first-order valence-electron chi connectivity index (χ1n) is 21.0. The topological polar surface area (TPSA) is 196 Å². The number of hydrogen-bond acceptors (Lipinski definition) is 14. The maximum Gasteiger partial charge on any atom is 0.494 e. The van der Waals surface area contributed by atoms with Crippen molar-refractivity contribution in [2.45, 2.75) is 81.9 Å². The molecule has 3 atom stereocenters. The monoisotopic (exact) mass is 852 g/mol. The Hall–Kier alpha value is -3.75. The van der Waals surface area contributed by atoms with Gasteiger partial charge in [-0.2, -0.15) is 22.0 Å². The summed E-state index contributed by atoms with van der Waals surface area (Å²) in [7, 11) is -0.522. The van der Waals surface area contributed by atoms with Crippen molar-refractivity contribution >= 4 is 52.9 Å². The predicted octanol–water partition coefficient (Wildman–Crippen LogP) is 3.48. The first-order chi connectivity index (χ1) is 29.0. The number of nitrogens with zero attached hydrogens (tertiary/aromatic N) is 2. The number of amides is 3. The number of hydrogen-bond donors (Lipinski definition) is 4. The second-order valence-corrected chi connectivity index (χ2v) is 17.3. The minimum atomic E-state index is -0.522. The van der Waals surface area contributed by atoms with Crippen molar-refractivity contribution in [2.75, 3.05) is 90.7 Å². The van der Waals surface area contributed by atoms with Crippen LogP contribution in [0.5, 0.6) is 5.75 Å². The molecule has 328 valence electrons. The third-order valence-corrected chi connectivity index (χ3v) is 12.6. The van der Waals surface area contributed by atoms with Gasteiger partial charge in [0.05, 0.1) is 107 Å². The lowest BCUT2D eigenvalue weighted by atomic mass is 9.77. The Morgan fingerprint density at radius 3 is 2.20 bits per heavy atom. The molecule has 0 unspecified atom stereocenters. The summed E-state index contributed by atoms with van der Waals surface area (Å²) in [6.07, 6.45) is 4.86. The van der Waals surface area contributed by atoms with Crippen molar-refractivity contribution in [1.82, 2.24) is 26.1 Å². The molecule has 0 saturated carbocycles. The van der Waals surface area contributed by atoms with Gasteiger partial charge in [-0.1, -0.05) is 24.6 Å². The Balaban J connectivity index is 0.759. The molecule has 3 aromatic rings. The molecule has 5 N–H and O–H groups in total. The summed E-state index contributed by atoms with van der Waals surface area (Å²) in [5.41, 5.74) is 9.11. The van der Waals surface area contributed by atoms with Crippen LogP contribution in [0.2, 0.25) is 0 Å². The molecule has 4 heterocycles. The number of anilines is 1. The van der Waals surface area contributed by atoms with E-state index in [0.717, 1.165) is 47.0 Å². The summed E-state index contributed by atoms with van der Waals surface area (Å²) in [5.74, 6) is 1.68. The van der Waals surface area contributed by atoms with E-state index in [0.29, 0.717) is 108 Å². The second-order valence-electron chi connectivity index (χ2n) is 16.0. The number of nitrogens with one attached hydrogen (secondary N) is 3. The molecule has 3 fully saturated rings. The first kappa shape index (κ1) is 45.8. The summed E-state index contributed by atoms with van der Waals surface area (Å²) < 4.78 is 47.0. The zero-order valence-corrected chi connectivity index (χ0v) is 36.2. The Bertz CT molecular complexity index is 1840. The highest BCUT2D eigenvalue weighted by Crippen LogP contribution is 2.38. The number of nitrogen functional groups attached to an aromatic ring is 1. The molecule has 3 aliphatic rings. The third kappa shape index (κ3) is 12.9. The molecule has 2 aromatic carbocycles. The van der Waals surface area contributed by atoms with E-state index in [9.17, 15) is 9.59 Å². The van der Waals surface area contributed by atoms with Gasteiger partial charge < -0.3 is 59.4 Å². The number of urea groups is 1. The Morgan fingerprint density at radius 2 is 1.52 bits per heavy atom. The number of ether oxygens (including phenoxy) is 6. The van der Waals surface area contributed by atoms with E-state index < -0.39 is 18.3 Å². The number of thioether (sulfide) groups is 1. The van der Waals surface area contributed by atoms with Crippen LogP contribution in [0.25, 0.3) is 22.0 Å². The van der Waals surface area contributed by atoms with Gasteiger partial charge in [0.1, 0.15) is 12.4 Å².